The number of nitrogens with zero attached hydrogens (tertiary/aromatic N) is 3. The predicted octanol–water partition coefficient (Wildman–Crippen LogP) is 3.10. The Morgan fingerprint density at radius 1 is 1.26 bits per heavy atom. The van der Waals surface area contributed by atoms with Gasteiger partial charge in [0.2, 0.25) is 0 Å². The number of hydrogen-bond donors (Lipinski definition) is 0. The zero-order valence-corrected chi connectivity index (χ0v) is 11.3. The lowest BCUT2D eigenvalue weighted by molar-refractivity contribution is 0.657. The molecule has 1 aliphatic rings. The Morgan fingerprint density at radius 2 is 1.95 bits per heavy atom. The molecule has 3 rings (SSSR count). The number of rotatable bonds is 3. The van der Waals surface area contributed by atoms with E-state index in [1.807, 2.05) is 29.8 Å². The average molecular weight is 251 g/mol. The normalized spacial score (nSPS) is 16.1. The lowest BCUT2D eigenvalue weighted by Gasteiger charge is -2.08. The van der Waals surface area contributed by atoms with Crippen molar-refractivity contribution >= 4 is 0 Å². The van der Waals surface area contributed by atoms with Gasteiger partial charge in [-0.15, -0.1) is 0 Å². The van der Waals surface area contributed by atoms with Gasteiger partial charge in [-0.25, -0.2) is 0 Å². The summed E-state index contributed by atoms with van der Waals surface area (Å²) in [6.45, 7) is 4.87. The van der Waals surface area contributed by atoms with Crippen molar-refractivity contribution in [3.05, 3.63) is 52.8 Å². The molecule has 0 aliphatic heterocycles. The molecule has 1 saturated carbocycles. The Kier molecular flexibility index (Phi) is 2.67. The molecule has 3 heteroatoms. The SMILES string of the molecule is Cc1nn(Cc2ccccc2)c(C)c1C1(C#N)CC1. The summed E-state index contributed by atoms with van der Waals surface area (Å²) >= 11 is 0. The third-order valence-electron chi connectivity index (χ3n) is 4.00. The third-order valence-corrected chi connectivity index (χ3v) is 4.00. The van der Waals surface area contributed by atoms with Gasteiger partial charge < -0.3 is 0 Å². The quantitative estimate of drug-likeness (QED) is 0.841. The monoisotopic (exact) mass is 251 g/mol. The van der Waals surface area contributed by atoms with Gasteiger partial charge in [0.1, 0.15) is 0 Å². The molecule has 0 bridgehead atoms. The lowest BCUT2D eigenvalue weighted by Crippen LogP contribution is -2.08. The molecule has 3 nitrogen and oxygen atoms in total. The van der Waals surface area contributed by atoms with E-state index in [4.69, 9.17) is 0 Å². The first-order valence-corrected chi connectivity index (χ1v) is 6.66. The number of aromatic nitrogens is 2. The van der Waals surface area contributed by atoms with Crippen LogP contribution in [0.2, 0.25) is 0 Å². The number of benzene rings is 1. The molecule has 96 valence electrons. The van der Waals surface area contributed by atoms with Crippen LogP contribution in [0.1, 0.15) is 35.4 Å². The van der Waals surface area contributed by atoms with E-state index < -0.39 is 0 Å². The van der Waals surface area contributed by atoms with E-state index in [0.29, 0.717) is 0 Å². The highest BCUT2D eigenvalue weighted by Gasteiger charge is 2.48. The van der Waals surface area contributed by atoms with E-state index in [0.717, 1.165) is 36.3 Å². The van der Waals surface area contributed by atoms with Crippen LogP contribution in [-0.2, 0) is 12.0 Å². The Labute approximate surface area is 113 Å². The standard InChI is InChI=1S/C16H17N3/c1-12-15(16(11-17)8-9-16)13(2)19(18-12)10-14-6-4-3-5-7-14/h3-7H,8-10H2,1-2H3. The first kappa shape index (κ1) is 12.0. The summed E-state index contributed by atoms with van der Waals surface area (Å²) < 4.78 is 2.03. The molecule has 1 aromatic carbocycles. The maximum atomic E-state index is 9.37. The highest BCUT2D eigenvalue weighted by atomic mass is 15.3. The van der Waals surface area contributed by atoms with Crippen LogP contribution in [-0.4, -0.2) is 9.78 Å². The summed E-state index contributed by atoms with van der Waals surface area (Å²) in [5.41, 5.74) is 4.29. The second kappa shape index (κ2) is 4.24. The topological polar surface area (TPSA) is 41.6 Å². The van der Waals surface area contributed by atoms with Gasteiger partial charge >= 0.3 is 0 Å². The molecular weight excluding hydrogens is 234 g/mol. The highest BCUT2D eigenvalue weighted by molar-refractivity contribution is 5.44. The van der Waals surface area contributed by atoms with Gasteiger partial charge in [0, 0.05) is 11.3 Å². The molecule has 1 aliphatic carbocycles. The van der Waals surface area contributed by atoms with E-state index in [9.17, 15) is 5.26 Å². The smallest absolute Gasteiger partial charge is 0.0859 e. The number of aryl methyl sites for hydroxylation is 1. The Bertz CT molecular complexity index is 643. The largest absolute Gasteiger partial charge is 0.265 e. The van der Waals surface area contributed by atoms with Gasteiger partial charge in [0.05, 0.1) is 23.7 Å². The van der Waals surface area contributed by atoms with Crippen LogP contribution >= 0.6 is 0 Å². The first-order chi connectivity index (χ1) is 9.16. The summed E-state index contributed by atoms with van der Waals surface area (Å²) in [6.07, 6.45) is 1.95. The molecule has 0 spiro atoms. The van der Waals surface area contributed by atoms with E-state index >= 15 is 0 Å². The molecule has 0 N–H and O–H groups in total. The Hall–Kier alpha value is -2.08. The maximum absolute atomic E-state index is 9.37. The van der Waals surface area contributed by atoms with Crippen molar-refractivity contribution in [3.63, 3.8) is 0 Å². The molecule has 1 heterocycles. The van der Waals surface area contributed by atoms with Crippen LogP contribution in [0.25, 0.3) is 0 Å². The van der Waals surface area contributed by atoms with Crippen LogP contribution in [0, 0.1) is 25.2 Å². The lowest BCUT2D eigenvalue weighted by atomic mass is 9.96. The molecule has 0 atom stereocenters. The van der Waals surface area contributed by atoms with Crippen molar-refractivity contribution < 1.29 is 0 Å². The molecule has 1 aromatic heterocycles. The van der Waals surface area contributed by atoms with Crippen molar-refractivity contribution in [1.29, 1.82) is 5.26 Å². The molecule has 0 unspecified atom stereocenters. The van der Waals surface area contributed by atoms with E-state index in [1.54, 1.807) is 0 Å². The van der Waals surface area contributed by atoms with E-state index in [2.05, 4.69) is 30.2 Å². The second-order valence-corrected chi connectivity index (χ2v) is 5.38. The zero-order chi connectivity index (χ0) is 13.5. The predicted molar refractivity (Wildman–Crippen MR) is 73.8 cm³/mol. The summed E-state index contributed by atoms with van der Waals surface area (Å²) in [7, 11) is 0. The third kappa shape index (κ3) is 1.94. The van der Waals surface area contributed by atoms with Gasteiger partial charge in [-0.2, -0.15) is 10.4 Å². The first-order valence-electron chi connectivity index (χ1n) is 6.66. The molecule has 0 amide bonds. The number of hydrogen-bond acceptors (Lipinski definition) is 2. The molecule has 0 radical (unpaired) electrons. The summed E-state index contributed by atoms with van der Waals surface area (Å²) in [5.74, 6) is 0. The molecule has 2 aromatic rings. The molecule has 19 heavy (non-hydrogen) atoms. The van der Waals surface area contributed by atoms with Gasteiger partial charge in [0.15, 0.2) is 0 Å². The minimum atomic E-state index is -0.247. The fourth-order valence-electron chi connectivity index (χ4n) is 2.84. The van der Waals surface area contributed by atoms with Crippen molar-refractivity contribution in [1.82, 2.24) is 9.78 Å². The molecular formula is C16H17N3. The maximum Gasteiger partial charge on any atom is 0.0859 e. The fourth-order valence-corrected chi connectivity index (χ4v) is 2.84. The van der Waals surface area contributed by atoms with Crippen LogP contribution < -0.4 is 0 Å². The van der Waals surface area contributed by atoms with Crippen molar-refractivity contribution in [2.75, 3.05) is 0 Å². The van der Waals surface area contributed by atoms with Crippen molar-refractivity contribution in [3.8, 4) is 6.07 Å². The van der Waals surface area contributed by atoms with Gasteiger partial charge in [-0.1, -0.05) is 30.3 Å². The average Bonchev–Trinajstić information content (AvgIpc) is 3.15. The molecule has 1 fully saturated rings. The van der Waals surface area contributed by atoms with E-state index in [-0.39, 0.29) is 5.41 Å². The van der Waals surface area contributed by atoms with Crippen LogP contribution in [0.15, 0.2) is 30.3 Å². The Morgan fingerprint density at radius 3 is 2.53 bits per heavy atom. The summed E-state index contributed by atoms with van der Waals surface area (Å²) in [6, 6.07) is 12.8. The highest BCUT2D eigenvalue weighted by Crippen LogP contribution is 2.49. The van der Waals surface area contributed by atoms with E-state index in [1.165, 1.54) is 5.56 Å². The zero-order valence-electron chi connectivity index (χ0n) is 11.3. The molecule has 0 saturated heterocycles. The number of nitriles is 1. The van der Waals surface area contributed by atoms with Crippen LogP contribution in [0.3, 0.4) is 0 Å². The van der Waals surface area contributed by atoms with Crippen molar-refractivity contribution in [2.24, 2.45) is 0 Å². The minimum Gasteiger partial charge on any atom is -0.265 e. The van der Waals surface area contributed by atoms with Gasteiger partial charge in [-0.05, 0) is 32.3 Å². The minimum absolute atomic E-state index is 0.247. The van der Waals surface area contributed by atoms with Crippen LogP contribution in [0.4, 0.5) is 0 Å². The van der Waals surface area contributed by atoms with Crippen molar-refractivity contribution in [2.45, 2.75) is 38.6 Å². The summed E-state index contributed by atoms with van der Waals surface area (Å²) in [4.78, 5) is 0. The van der Waals surface area contributed by atoms with Gasteiger partial charge in [-0.3, -0.25) is 4.68 Å². The summed E-state index contributed by atoms with van der Waals surface area (Å²) in [5, 5.41) is 14.0. The fraction of sp³-hybridized carbons (Fsp3) is 0.375. The second-order valence-electron chi connectivity index (χ2n) is 5.38. The van der Waals surface area contributed by atoms with Gasteiger partial charge in [0.25, 0.3) is 0 Å². The van der Waals surface area contributed by atoms with Crippen LogP contribution in [0.5, 0.6) is 0 Å². The Balaban J connectivity index is 1.97.